The van der Waals surface area contributed by atoms with Crippen LogP contribution < -0.4 is 0 Å². The van der Waals surface area contributed by atoms with Gasteiger partial charge in [0, 0.05) is 18.0 Å². The zero-order chi connectivity index (χ0) is 19.2. The number of benzene rings is 2. The van der Waals surface area contributed by atoms with Gasteiger partial charge in [0.05, 0.1) is 4.90 Å². The highest BCUT2D eigenvalue weighted by Crippen LogP contribution is 2.32. The third kappa shape index (κ3) is 3.35. The lowest BCUT2D eigenvalue weighted by molar-refractivity contribution is 0.391. The largest absolute Gasteiger partial charge is 0.243 e. The summed E-state index contributed by atoms with van der Waals surface area (Å²) in [5.74, 6) is 0. The second kappa shape index (κ2) is 6.89. The Bertz CT molecular complexity index is 1080. The number of sulfonamides is 1. The molecule has 0 bridgehead atoms. The highest BCUT2D eigenvalue weighted by Gasteiger charge is 2.30. The van der Waals surface area contributed by atoms with Crippen molar-refractivity contribution in [1.82, 2.24) is 4.31 Å². The summed E-state index contributed by atoms with van der Waals surface area (Å²) in [6.45, 7) is 6.74. The Morgan fingerprint density at radius 3 is 2.37 bits per heavy atom. The van der Waals surface area contributed by atoms with Gasteiger partial charge in [0.1, 0.15) is 0 Å². The summed E-state index contributed by atoms with van der Waals surface area (Å²) >= 11 is 1.73. The van der Waals surface area contributed by atoms with Crippen LogP contribution in [-0.4, -0.2) is 19.3 Å². The molecule has 1 aliphatic heterocycles. The van der Waals surface area contributed by atoms with Crippen LogP contribution in [0.3, 0.4) is 0 Å². The molecule has 2 aromatic carbocycles. The fraction of sp³-hybridized carbons (Fsp3) is 0.273. The lowest BCUT2D eigenvalue weighted by Gasteiger charge is -2.29. The van der Waals surface area contributed by atoms with Crippen molar-refractivity contribution in [2.45, 2.75) is 38.6 Å². The third-order valence-electron chi connectivity index (χ3n) is 5.19. The summed E-state index contributed by atoms with van der Waals surface area (Å²) in [4.78, 5) is 1.71. The van der Waals surface area contributed by atoms with Crippen molar-refractivity contribution in [3.8, 4) is 10.4 Å². The number of nitrogens with zero attached hydrogens (tertiary/aromatic N) is 1. The van der Waals surface area contributed by atoms with E-state index in [4.69, 9.17) is 0 Å². The van der Waals surface area contributed by atoms with Gasteiger partial charge in [0.15, 0.2) is 0 Å². The fourth-order valence-electron chi connectivity index (χ4n) is 4.03. The normalized spacial score (nSPS) is 14.9. The zero-order valence-electron chi connectivity index (χ0n) is 15.8. The Kier molecular flexibility index (Phi) is 4.70. The molecule has 0 radical (unpaired) electrons. The molecule has 1 aromatic heterocycles. The molecule has 0 fully saturated rings. The maximum atomic E-state index is 13.3. The van der Waals surface area contributed by atoms with Crippen LogP contribution in [0, 0.1) is 20.8 Å². The Morgan fingerprint density at radius 2 is 1.70 bits per heavy atom. The molecule has 140 valence electrons. The predicted molar refractivity (Wildman–Crippen MR) is 112 cm³/mol. The van der Waals surface area contributed by atoms with E-state index in [9.17, 15) is 8.42 Å². The van der Waals surface area contributed by atoms with Gasteiger partial charge in [0.2, 0.25) is 10.0 Å². The molecule has 1 aliphatic rings. The first kappa shape index (κ1) is 18.4. The van der Waals surface area contributed by atoms with E-state index in [1.165, 1.54) is 16.0 Å². The van der Waals surface area contributed by atoms with Gasteiger partial charge in [-0.1, -0.05) is 35.9 Å². The molecule has 0 amide bonds. The van der Waals surface area contributed by atoms with Crippen molar-refractivity contribution < 1.29 is 8.42 Å². The average molecular weight is 398 g/mol. The number of fused-ring (bicyclic) bond motifs is 1. The van der Waals surface area contributed by atoms with E-state index in [1.807, 2.05) is 32.9 Å². The Balaban J connectivity index is 1.67. The molecule has 0 spiro atoms. The minimum absolute atomic E-state index is 0.440. The lowest BCUT2D eigenvalue weighted by atomic mass is 9.98. The molecule has 0 saturated heterocycles. The van der Waals surface area contributed by atoms with Crippen LogP contribution in [0.5, 0.6) is 0 Å². The third-order valence-corrected chi connectivity index (χ3v) is 8.26. The van der Waals surface area contributed by atoms with Crippen molar-refractivity contribution in [3.63, 3.8) is 0 Å². The number of aryl methyl sites for hydroxylation is 3. The van der Waals surface area contributed by atoms with Crippen LogP contribution in [-0.2, 0) is 23.0 Å². The Morgan fingerprint density at radius 1 is 0.963 bits per heavy atom. The number of rotatable bonds is 3. The van der Waals surface area contributed by atoms with Crippen LogP contribution in [0.1, 0.15) is 27.8 Å². The quantitative estimate of drug-likeness (QED) is 0.617. The molecule has 3 aromatic rings. The molecule has 5 heteroatoms. The smallest absolute Gasteiger partial charge is 0.207 e. The van der Waals surface area contributed by atoms with Gasteiger partial charge in [-0.2, -0.15) is 4.31 Å². The maximum Gasteiger partial charge on any atom is 0.243 e. The van der Waals surface area contributed by atoms with Crippen LogP contribution >= 0.6 is 11.3 Å². The zero-order valence-corrected chi connectivity index (χ0v) is 17.5. The van der Waals surface area contributed by atoms with Crippen LogP contribution in [0.4, 0.5) is 0 Å². The molecule has 0 atom stereocenters. The number of hydrogen-bond acceptors (Lipinski definition) is 3. The molecular weight excluding hydrogens is 374 g/mol. The summed E-state index contributed by atoms with van der Waals surface area (Å²) in [7, 11) is -3.50. The van der Waals surface area contributed by atoms with Crippen molar-refractivity contribution >= 4 is 21.4 Å². The van der Waals surface area contributed by atoms with Crippen LogP contribution in [0.2, 0.25) is 0 Å². The molecule has 0 saturated carbocycles. The van der Waals surface area contributed by atoms with E-state index in [0.717, 1.165) is 28.7 Å². The topological polar surface area (TPSA) is 37.4 Å². The average Bonchev–Trinajstić information content (AvgIpc) is 3.14. The van der Waals surface area contributed by atoms with Gasteiger partial charge in [-0.05, 0) is 72.5 Å². The van der Waals surface area contributed by atoms with Gasteiger partial charge in [-0.25, -0.2) is 8.42 Å². The molecule has 27 heavy (non-hydrogen) atoms. The predicted octanol–water partition coefficient (Wildman–Crippen LogP) is 5.09. The van der Waals surface area contributed by atoms with Crippen LogP contribution in [0.15, 0.2) is 52.7 Å². The van der Waals surface area contributed by atoms with E-state index in [1.54, 1.807) is 15.6 Å². The Labute approximate surface area is 165 Å². The fourth-order valence-corrected chi connectivity index (χ4v) is 6.59. The number of thiophene rings is 1. The van der Waals surface area contributed by atoms with E-state index in [2.05, 4.69) is 35.7 Å². The molecule has 0 aliphatic carbocycles. The van der Waals surface area contributed by atoms with Crippen molar-refractivity contribution in [1.29, 1.82) is 0 Å². The van der Waals surface area contributed by atoms with E-state index in [-0.39, 0.29) is 0 Å². The second-order valence-corrected chi connectivity index (χ2v) is 10.1. The molecule has 0 unspecified atom stereocenters. The number of hydrogen-bond donors (Lipinski definition) is 0. The first-order valence-electron chi connectivity index (χ1n) is 9.10. The highest BCUT2D eigenvalue weighted by atomic mass is 32.2. The molecule has 3 nitrogen and oxygen atoms in total. The minimum Gasteiger partial charge on any atom is -0.207 e. The van der Waals surface area contributed by atoms with Crippen molar-refractivity contribution in [2.24, 2.45) is 0 Å². The minimum atomic E-state index is -3.50. The van der Waals surface area contributed by atoms with E-state index >= 15 is 0 Å². The molecular formula is C22H23NO2S2. The summed E-state index contributed by atoms with van der Waals surface area (Å²) in [5, 5.41) is 2.08. The summed E-state index contributed by atoms with van der Waals surface area (Å²) in [5.41, 5.74) is 6.31. The SMILES string of the molecule is Cc1cc(C)c(S(=O)(=O)N2CCc3cc(-c4cccs4)ccc3C2)c(C)c1. The molecule has 2 heterocycles. The second-order valence-electron chi connectivity index (χ2n) is 7.28. The van der Waals surface area contributed by atoms with Crippen molar-refractivity contribution in [2.75, 3.05) is 6.54 Å². The first-order valence-corrected chi connectivity index (χ1v) is 11.4. The van der Waals surface area contributed by atoms with Crippen molar-refractivity contribution in [3.05, 3.63) is 75.7 Å². The summed E-state index contributed by atoms with van der Waals surface area (Å²) < 4.78 is 28.3. The summed E-state index contributed by atoms with van der Waals surface area (Å²) in [6, 6.07) is 14.5. The Hall–Kier alpha value is -1.95. The highest BCUT2D eigenvalue weighted by molar-refractivity contribution is 7.89. The molecule has 0 N–H and O–H groups in total. The maximum absolute atomic E-state index is 13.3. The van der Waals surface area contributed by atoms with Gasteiger partial charge in [-0.15, -0.1) is 11.3 Å². The first-order chi connectivity index (χ1) is 12.9. The monoisotopic (exact) mass is 397 g/mol. The van der Waals surface area contributed by atoms with E-state index < -0.39 is 10.0 Å². The van der Waals surface area contributed by atoms with Gasteiger partial charge in [0.25, 0.3) is 0 Å². The summed E-state index contributed by atoms with van der Waals surface area (Å²) in [6.07, 6.45) is 0.748. The van der Waals surface area contributed by atoms with Gasteiger partial charge < -0.3 is 0 Å². The van der Waals surface area contributed by atoms with Gasteiger partial charge >= 0.3 is 0 Å². The van der Waals surface area contributed by atoms with Gasteiger partial charge in [-0.3, -0.25) is 0 Å². The standard InChI is InChI=1S/C22H23NO2S2/c1-15-11-16(2)22(17(3)12-15)27(24,25)23-9-8-18-13-19(6-7-20(18)14-23)21-5-4-10-26-21/h4-7,10-13H,8-9,14H2,1-3H3. The lowest BCUT2D eigenvalue weighted by Crippen LogP contribution is -2.36. The van der Waals surface area contributed by atoms with E-state index in [0.29, 0.717) is 18.0 Å². The van der Waals surface area contributed by atoms with Crippen LogP contribution in [0.25, 0.3) is 10.4 Å². The molecule has 4 rings (SSSR count).